The number of hydrogen-bond acceptors (Lipinski definition) is 3. The maximum absolute atomic E-state index is 11.7. The SMILES string of the molecule is Cc1[nH]c(=O)n(CCC(=O)NC2CCNC2)c1C. The van der Waals surface area contributed by atoms with Gasteiger partial charge >= 0.3 is 5.69 Å². The molecule has 0 bridgehead atoms. The highest BCUT2D eigenvalue weighted by Crippen LogP contribution is 2.02. The predicted molar refractivity (Wildman–Crippen MR) is 68.6 cm³/mol. The first-order valence-electron chi connectivity index (χ1n) is 6.34. The first kappa shape index (κ1) is 12.9. The van der Waals surface area contributed by atoms with E-state index in [9.17, 15) is 9.59 Å². The number of carbonyl (C=O) groups excluding carboxylic acids is 1. The van der Waals surface area contributed by atoms with Crippen LogP contribution in [-0.4, -0.2) is 34.6 Å². The van der Waals surface area contributed by atoms with Crippen LogP contribution in [0.3, 0.4) is 0 Å². The highest BCUT2D eigenvalue weighted by atomic mass is 16.2. The molecule has 1 fully saturated rings. The molecule has 1 amide bonds. The minimum absolute atomic E-state index is 0.00820. The molecule has 0 aliphatic carbocycles. The smallest absolute Gasteiger partial charge is 0.325 e. The van der Waals surface area contributed by atoms with E-state index in [1.54, 1.807) is 4.57 Å². The lowest BCUT2D eigenvalue weighted by atomic mass is 10.2. The Hall–Kier alpha value is -1.56. The van der Waals surface area contributed by atoms with Gasteiger partial charge in [-0.3, -0.25) is 9.36 Å². The molecular weight excluding hydrogens is 232 g/mol. The Kier molecular flexibility index (Phi) is 3.86. The summed E-state index contributed by atoms with van der Waals surface area (Å²) in [5.41, 5.74) is 1.62. The van der Waals surface area contributed by atoms with Crippen LogP contribution in [0.1, 0.15) is 24.2 Å². The van der Waals surface area contributed by atoms with Gasteiger partial charge in [0.25, 0.3) is 0 Å². The number of carbonyl (C=O) groups is 1. The summed E-state index contributed by atoms with van der Waals surface area (Å²) in [7, 11) is 0. The first-order chi connectivity index (χ1) is 8.58. The summed E-state index contributed by atoms with van der Waals surface area (Å²) in [5, 5.41) is 6.17. The predicted octanol–water partition coefficient (Wildman–Crippen LogP) is -0.339. The normalized spacial score (nSPS) is 19.1. The van der Waals surface area contributed by atoms with Crippen molar-refractivity contribution in [1.29, 1.82) is 0 Å². The third-order valence-corrected chi connectivity index (χ3v) is 3.48. The summed E-state index contributed by atoms with van der Waals surface area (Å²) in [6, 6.07) is 0.239. The van der Waals surface area contributed by atoms with Crippen LogP contribution < -0.4 is 16.3 Å². The van der Waals surface area contributed by atoms with Crippen LogP contribution in [-0.2, 0) is 11.3 Å². The van der Waals surface area contributed by atoms with E-state index in [4.69, 9.17) is 0 Å². The zero-order valence-electron chi connectivity index (χ0n) is 10.9. The minimum Gasteiger partial charge on any atom is -0.352 e. The van der Waals surface area contributed by atoms with Gasteiger partial charge in [0.15, 0.2) is 0 Å². The van der Waals surface area contributed by atoms with E-state index in [2.05, 4.69) is 15.6 Å². The molecule has 0 radical (unpaired) electrons. The van der Waals surface area contributed by atoms with Crippen molar-refractivity contribution in [3.8, 4) is 0 Å². The molecule has 18 heavy (non-hydrogen) atoms. The van der Waals surface area contributed by atoms with E-state index in [0.717, 1.165) is 30.9 Å². The van der Waals surface area contributed by atoms with Gasteiger partial charge in [-0.2, -0.15) is 0 Å². The van der Waals surface area contributed by atoms with Gasteiger partial charge in [0.05, 0.1) is 0 Å². The average molecular weight is 252 g/mol. The Morgan fingerprint density at radius 3 is 2.83 bits per heavy atom. The van der Waals surface area contributed by atoms with Crippen LogP contribution in [0.5, 0.6) is 0 Å². The van der Waals surface area contributed by atoms with E-state index < -0.39 is 0 Å². The van der Waals surface area contributed by atoms with Crippen molar-refractivity contribution in [2.75, 3.05) is 13.1 Å². The number of aromatic nitrogens is 2. The summed E-state index contributed by atoms with van der Waals surface area (Å²) < 4.78 is 1.61. The van der Waals surface area contributed by atoms with Gasteiger partial charge in [0.2, 0.25) is 5.91 Å². The molecule has 6 nitrogen and oxygen atoms in total. The van der Waals surface area contributed by atoms with Gasteiger partial charge in [-0.15, -0.1) is 0 Å². The summed E-state index contributed by atoms with van der Waals surface area (Å²) in [4.78, 5) is 26.1. The van der Waals surface area contributed by atoms with Crippen molar-refractivity contribution in [2.24, 2.45) is 0 Å². The fourth-order valence-electron chi connectivity index (χ4n) is 2.23. The van der Waals surface area contributed by atoms with E-state index in [0.29, 0.717) is 13.0 Å². The molecule has 1 atom stereocenters. The topological polar surface area (TPSA) is 78.9 Å². The number of nitrogens with one attached hydrogen (secondary N) is 3. The number of H-pyrrole nitrogens is 1. The van der Waals surface area contributed by atoms with E-state index >= 15 is 0 Å². The Balaban J connectivity index is 1.87. The molecule has 100 valence electrons. The number of aryl methyl sites for hydroxylation is 1. The molecule has 2 heterocycles. The van der Waals surface area contributed by atoms with Crippen LogP contribution in [0, 0.1) is 13.8 Å². The van der Waals surface area contributed by atoms with Crippen LogP contribution in [0.2, 0.25) is 0 Å². The monoisotopic (exact) mass is 252 g/mol. The molecule has 1 aliphatic rings. The fraction of sp³-hybridized carbons (Fsp3) is 0.667. The van der Waals surface area contributed by atoms with Crippen LogP contribution in [0.15, 0.2) is 4.79 Å². The van der Waals surface area contributed by atoms with Crippen molar-refractivity contribution < 1.29 is 4.79 Å². The quantitative estimate of drug-likeness (QED) is 0.686. The zero-order valence-corrected chi connectivity index (χ0v) is 10.9. The lowest BCUT2D eigenvalue weighted by molar-refractivity contribution is -0.121. The van der Waals surface area contributed by atoms with Crippen molar-refractivity contribution in [3.63, 3.8) is 0 Å². The summed E-state index contributed by atoms with van der Waals surface area (Å²) in [6.07, 6.45) is 1.32. The van der Waals surface area contributed by atoms with Gasteiger partial charge in [-0.25, -0.2) is 4.79 Å². The molecular formula is C12H20N4O2. The van der Waals surface area contributed by atoms with Gasteiger partial charge in [0.1, 0.15) is 0 Å². The molecule has 0 spiro atoms. The van der Waals surface area contributed by atoms with Gasteiger partial charge in [0, 0.05) is 36.9 Å². The van der Waals surface area contributed by atoms with E-state index in [1.165, 1.54) is 0 Å². The molecule has 1 saturated heterocycles. The Morgan fingerprint density at radius 1 is 1.50 bits per heavy atom. The second-order valence-corrected chi connectivity index (χ2v) is 4.80. The molecule has 2 rings (SSSR count). The third kappa shape index (κ3) is 2.81. The Morgan fingerprint density at radius 2 is 2.28 bits per heavy atom. The number of nitrogens with zero attached hydrogens (tertiary/aromatic N) is 1. The van der Waals surface area contributed by atoms with Crippen molar-refractivity contribution in [3.05, 3.63) is 21.9 Å². The summed E-state index contributed by atoms with van der Waals surface area (Å²) in [6.45, 7) is 5.97. The maximum atomic E-state index is 11.7. The molecule has 1 aromatic heterocycles. The number of rotatable bonds is 4. The number of amides is 1. The van der Waals surface area contributed by atoms with Crippen LogP contribution in [0.4, 0.5) is 0 Å². The molecule has 6 heteroatoms. The number of imidazole rings is 1. The Bertz CT molecular complexity index is 483. The largest absolute Gasteiger partial charge is 0.352 e. The second kappa shape index (κ2) is 5.39. The number of hydrogen-bond donors (Lipinski definition) is 3. The molecule has 3 N–H and O–H groups in total. The highest BCUT2D eigenvalue weighted by molar-refractivity contribution is 5.76. The lowest BCUT2D eigenvalue weighted by Gasteiger charge is -2.11. The van der Waals surface area contributed by atoms with E-state index in [-0.39, 0.29) is 17.6 Å². The van der Waals surface area contributed by atoms with Crippen molar-refractivity contribution in [2.45, 2.75) is 39.3 Å². The summed E-state index contributed by atoms with van der Waals surface area (Å²) >= 11 is 0. The lowest BCUT2D eigenvalue weighted by Crippen LogP contribution is -2.37. The van der Waals surface area contributed by atoms with E-state index in [1.807, 2.05) is 13.8 Å². The molecule has 1 aliphatic heterocycles. The van der Waals surface area contributed by atoms with Gasteiger partial charge < -0.3 is 15.6 Å². The Labute approximate surface area is 106 Å². The zero-order chi connectivity index (χ0) is 13.1. The standard InChI is InChI=1S/C12H20N4O2/c1-8-9(2)16(12(18)14-8)6-4-11(17)15-10-3-5-13-7-10/h10,13H,3-7H2,1-2H3,(H,14,18)(H,15,17). The second-order valence-electron chi connectivity index (χ2n) is 4.80. The fourth-order valence-corrected chi connectivity index (χ4v) is 2.23. The van der Waals surface area contributed by atoms with Crippen LogP contribution >= 0.6 is 0 Å². The van der Waals surface area contributed by atoms with Gasteiger partial charge in [-0.05, 0) is 26.8 Å². The van der Waals surface area contributed by atoms with Gasteiger partial charge in [-0.1, -0.05) is 0 Å². The highest BCUT2D eigenvalue weighted by Gasteiger charge is 2.16. The van der Waals surface area contributed by atoms with Crippen molar-refractivity contribution >= 4 is 5.91 Å². The average Bonchev–Trinajstić information content (AvgIpc) is 2.88. The minimum atomic E-state index is -0.139. The van der Waals surface area contributed by atoms with Crippen LogP contribution in [0.25, 0.3) is 0 Å². The van der Waals surface area contributed by atoms with Crippen molar-refractivity contribution in [1.82, 2.24) is 20.2 Å². The summed E-state index contributed by atoms with van der Waals surface area (Å²) in [5.74, 6) is 0.00820. The molecule has 0 saturated carbocycles. The third-order valence-electron chi connectivity index (χ3n) is 3.48. The molecule has 1 unspecified atom stereocenters. The number of aromatic amines is 1. The molecule has 1 aromatic rings. The molecule has 0 aromatic carbocycles. The maximum Gasteiger partial charge on any atom is 0.325 e. The first-order valence-corrected chi connectivity index (χ1v) is 6.34.